The molecular weight excluding hydrogens is 589 g/mol. The van der Waals surface area contributed by atoms with Gasteiger partial charge < -0.3 is 16.0 Å². The fraction of sp³-hybridized carbons (Fsp3) is 0.481. The van der Waals surface area contributed by atoms with Crippen LogP contribution in [0.25, 0.3) is 22.2 Å². The second-order valence-corrected chi connectivity index (χ2v) is 12.3. The molecule has 2 fully saturated rings. The first-order valence-corrected chi connectivity index (χ1v) is 15.5. The Hall–Kier alpha value is -3.76. The molecule has 232 valence electrons. The molecule has 43 heavy (non-hydrogen) atoms. The number of benzene rings is 1. The molecular formula is C27H33F3N8O4S. The van der Waals surface area contributed by atoms with Gasteiger partial charge >= 0.3 is 10.2 Å². The molecule has 2 aliphatic rings. The van der Waals surface area contributed by atoms with E-state index in [0.717, 1.165) is 46.9 Å². The number of anilines is 2. The van der Waals surface area contributed by atoms with Crippen molar-refractivity contribution in [3.8, 4) is 11.1 Å². The average molecular weight is 623 g/mol. The number of alkyl halides is 1. The number of aromatic nitrogens is 3. The Morgan fingerprint density at radius 1 is 1.19 bits per heavy atom. The topological polar surface area (TPSA) is 150 Å². The summed E-state index contributed by atoms with van der Waals surface area (Å²) in [6.07, 6.45) is 2.73. The number of halogens is 3. The van der Waals surface area contributed by atoms with Crippen LogP contribution in [0.1, 0.15) is 32.1 Å². The maximum Gasteiger partial charge on any atom is 0.301 e. The second kappa shape index (κ2) is 12.9. The Bertz CT molecular complexity index is 1680. The lowest BCUT2D eigenvalue weighted by Gasteiger charge is -2.23. The van der Waals surface area contributed by atoms with Crippen LogP contribution in [0.15, 0.2) is 29.2 Å². The van der Waals surface area contributed by atoms with Crippen molar-refractivity contribution >= 4 is 38.8 Å². The minimum Gasteiger partial charge on any atom is -0.354 e. The third kappa shape index (κ3) is 6.91. The summed E-state index contributed by atoms with van der Waals surface area (Å²) in [5.74, 6) is -2.19. The monoisotopic (exact) mass is 622 g/mol. The summed E-state index contributed by atoms with van der Waals surface area (Å²) < 4.78 is 73.3. The summed E-state index contributed by atoms with van der Waals surface area (Å²) in [6.45, 7) is 1.72. The van der Waals surface area contributed by atoms with Crippen molar-refractivity contribution in [1.82, 2.24) is 29.5 Å². The van der Waals surface area contributed by atoms with Gasteiger partial charge in [-0.2, -0.15) is 17.7 Å². The van der Waals surface area contributed by atoms with E-state index in [1.165, 1.54) is 19.3 Å². The van der Waals surface area contributed by atoms with Crippen molar-refractivity contribution in [3.63, 3.8) is 0 Å². The molecule has 1 aromatic carbocycles. The molecule has 4 heterocycles. The molecule has 0 radical (unpaired) electrons. The smallest absolute Gasteiger partial charge is 0.301 e. The first-order chi connectivity index (χ1) is 20.5. The highest BCUT2D eigenvalue weighted by Crippen LogP contribution is 2.31. The maximum atomic E-state index is 15.6. The molecule has 16 heteroatoms. The van der Waals surface area contributed by atoms with Gasteiger partial charge in [-0.1, -0.05) is 0 Å². The van der Waals surface area contributed by atoms with Crippen LogP contribution in [-0.4, -0.2) is 78.1 Å². The van der Waals surface area contributed by atoms with Gasteiger partial charge in [0.25, 0.3) is 5.56 Å². The number of hydrogen-bond acceptors (Lipinski definition) is 8. The zero-order chi connectivity index (χ0) is 30.7. The first kappa shape index (κ1) is 30.7. The van der Waals surface area contributed by atoms with Crippen LogP contribution in [0.5, 0.6) is 0 Å². The lowest BCUT2D eigenvalue weighted by atomic mass is 10.0. The molecule has 5 rings (SSSR count). The zero-order valence-corrected chi connectivity index (χ0v) is 24.3. The van der Waals surface area contributed by atoms with Gasteiger partial charge in [0.1, 0.15) is 17.6 Å². The molecule has 0 saturated carbocycles. The number of pyridine rings is 1. The van der Waals surface area contributed by atoms with Gasteiger partial charge in [0, 0.05) is 50.7 Å². The summed E-state index contributed by atoms with van der Waals surface area (Å²) in [4.78, 5) is 34.0. The van der Waals surface area contributed by atoms with Gasteiger partial charge in [-0.25, -0.2) is 18.2 Å². The van der Waals surface area contributed by atoms with Crippen LogP contribution in [0.3, 0.4) is 0 Å². The molecule has 1 atom stereocenters. The van der Waals surface area contributed by atoms with Crippen LogP contribution >= 0.6 is 0 Å². The van der Waals surface area contributed by atoms with E-state index in [-0.39, 0.29) is 48.6 Å². The van der Waals surface area contributed by atoms with Gasteiger partial charge in [0.15, 0.2) is 5.82 Å². The molecule has 2 aromatic heterocycles. The van der Waals surface area contributed by atoms with E-state index >= 15 is 4.39 Å². The number of rotatable bonds is 10. The number of piperidine rings is 1. The summed E-state index contributed by atoms with van der Waals surface area (Å²) in [6, 6.07) is 3.17. The van der Waals surface area contributed by atoms with Crippen LogP contribution in [-0.2, 0) is 22.1 Å². The molecule has 3 aromatic rings. The highest BCUT2D eigenvalue weighted by atomic mass is 32.2. The standard InChI is InChI=1S/C27H33F3N8O4S/c1-37-25-16(14-33-27(35-25)32-9-2-3-22(39)34-18-6-10-31-11-7-18)13-19(26(37)40)23-20(29)4-5-21(24(23)30)36-43(41,42)38-12-8-17(28)15-38/h4-5,13-14,17-18,31,36H,2-3,6-12,15H2,1H3,(H,34,39)(H,32,33,35)/t17-/m1/s1. The van der Waals surface area contributed by atoms with Crippen molar-refractivity contribution in [2.45, 2.75) is 44.3 Å². The fourth-order valence-corrected chi connectivity index (χ4v) is 6.48. The molecule has 1 amide bonds. The molecule has 0 bridgehead atoms. The lowest BCUT2D eigenvalue weighted by molar-refractivity contribution is -0.122. The van der Waals surface area contributed by atoms with Crippen LogP contribution < -0.4 is 26.2 Å². The quantitative estimate of drug-likeness (QED) is 0.251. The molecule has 0 aliphatic carbocycles. The van der Waals surface area contributed by atoms with E-state index < -0.39 is 44.8 Å². The Kier molecular flexibility index (Phi) is 9.17. The number of fused-ring (bicyclic) bond motifs is 1. The molecule has 4 N–H and O–H groups in total. The van der Waals surface area contributed by atoms with Crippen molar-refractivity contribution in [2.75, 3.05) is 42.8 Å². The summed E-state index contributed by atoms with van der Waals surface area (Å²) in [5.41, 5.74) is -2.25. The summed E-state index contributed by atoms with van der Waals surface area (Å²) in [7, 11) is -2.93. The number of hydrogen-bond donors (Lipinski definition) is 4. The van der Waals surface area contributed by atoms with Gasteiger partial charge in [0.2, 0.25) is 11.9 Å². The van der Waals surface area contributed by atoms with E-state index in [0.29, 0.717) is 24.8 Å². The third-order valence-electron chi connectivity index (χ3n) is 7.55. The largest absolute Gasteiger partial charge is 0.354 e. The van der Waals surface area contributed by atoms with E-state index in [1.54, 1.807) is 0 Å². The predicted molar refractivity (Wildman–Crippen MR) is 156 cm³/mol. The van der Waals surface area contributed by atoms with Gasteiger partial charge in [-0.15, -0.1) is 0 Å². The Balaban J connectivity index is 1.31. The lowest BCUT2D eigenvalue weighted by Crippen LogP contribution is -2.42. The number of aryl methyl sites for hydroxylation is 1. The van der Waals surface area contributed by atoms with Crippen molar-refractivity contribution in [2.24, 2.45) is 7.05 Å². The predicted octanol–water partition coefficient (Wildman–Crippen LogP) is 2.03. The summed E-state index contributed by atoms with van der Waals surface area (Å²) in [5, 5.41) is 9.61. The minimum absolute atomic E-state index is 0.0142. The van der Waals surface area contributed by atoms with Gasteiger partial charge in [-0.3, -0.25) is 18.9 Å². The number of nitrogens with one attached hydrogen (secondary N) is 4. The zero-order valence-electron chi connectivity index (χ0n) is 23.5. The molecule has 0 unspecified atom stereocenters. The average Bonchev–Trinajstić information content (AvgIpc) is 3.43. The van der Waals surface area contributed by atoms with E-state index in [9.17, 15) is 26.8 Å². The fourth-order valence-electron chi connectivity index (χ4n) is 5.21. The van der Waals surface area contributed by atoms with Crippen molar-refractivity contribution in [3.05, 3.63) is 46.4 Å². The number of carbonyl (C=O) groups excluding carboxylic acids is 1. The Labute approximate surface area is 246 Å². The van der Waals surface area contributed by atoms with Gasteiger partial charge in [0.05, 0.1) is 16.8 Å². The van der Waals surface area contributed by atoms with Crippen LogP contribution in [0.2, 0.25) is 0 Å². The minimum atomic E-state index is -4.31. The van der Waals surface area contributed by atoms with E-state index in [1.807, 2.05) is 4.72 Å². The summed E-state index contributed by atoms with van der Waals surface area (Å²) >= 11 is 0. The molecule has 0 spiro atoms. The Morgan fingerprint density at radius 3 is 2.67 bits per heavy atom. The molecule has 2 aliphatic heterocycles. The number of carbonyl (C=O) groups is 1. The van der Waals surface area contributed by atoms with Gasteiger partial charge in [-0.05, 0) is 57.0 Å². The number of amides is 1. The normalized spacial score (nSPS) is 18.2. The van der Waals surface area contributed by atoms with Crippen molar-refractivity contribution in [1.29, 1.82) is 0 Å². The van der Waals surface area contributed by atoms with E-state index in [2.05, 4.69) is 25.9 Å². The highest BCUT2D eigenvalue weighted by molar-refractivity contribution is 7.90. The van der Waals surface area contributed by atoms with E-state index in [4.69, 9.17) is 0 Å². The van der Waals surface area contributed by atoms with Crippen molar-refractivity contribution < 1.29 is 26.4 Å². The second-order valence-electron chi connectivity index (χ2n) is 10.7. The van der Waals surface area contributed by atoms with Crippen LogP contribution in [0, 0.1) is 11.6 Å². The number of nitrogens with zero attached hydrogens (tertiary/aromatic N) is 4. The third-order valence-corrected chi connectivity index (χ3v) is 9.04. The SMILES string of the molecule is Cn1c(=O)c(-c2c(F)ccc(NS(=O)(=O)N3CC[C@@H](F)C3)c2F)cc2cnc(NCCCC(=O)NC3CCNCC3)nc21. The maximum absolute atomic E-state index is 15.6. The molecule has 12 nitrogen and oxygen atoms in total. The molecule has 2 saturated heterocycles. The highest BCUT2D eigenvalue weighted by Gasteiger charge is 2.32. The van der Waals surface area contributed by atoms with Crippen LogP contribution in [0.4, 0.5) is 24.8 Å². The first-order valence-electron chi connectivity index (χ1n) is 14.0. The Morgan fingerprint density at radius 2 is 1.95 bits per heavy atom.